The molecule has 69 heavy (non-hydrogen) atoms. The first kappa shape index (κ1) is 63.1. The Labute approximate surface area is 406 Å². The largest absolute Gasteiger partial charge is 0.480 e. The number of nitrogens with zero attached hydrogens (tertiary/aromatic N) is 2. The van der Waals surface area contributed by atoms with Gasteiger partial charge in [0.1, 0.15) is 42.3 Å². The minimum absolute atomic E-state index is 0.0273. The van der Waals surface area contributed by atoms with Crippen molar-refractivity contribution in [2.24, 2.45) is 67.7 Å². The second-order valence-electron chi connectivity index (χ2n) is 17.6. The van der Waals surface area contributed by atoms with Crippen molar-refractivity contribution in [2.45, 2.75) is 160 Å². The molecular formula is C43H85N17O9. The van der Waals surface area contributed by atoms with Crippen molar-refractivity contribution in [1.82, 2.24) is 37.2 Å². The lowest BCUT2D eigenvalue weighted by Crippen LogP contribution is -2.60. The number of nitrogens with one attached hydrogen (secondary N) is 7. The Balaban J connectivity index is 6.64. The van der Waals surface area contributed by atoms with E-state index in [-0.39, 0.29) is 102 Å². The molecule has 0 aromatic rings. The van der Waals surface area contributed by atoms with E-state index in [1.807, 2.05) is 13.8 Å². The molecule has 0 aliphatic heterocycles. The first-order valence-electron chi connectivity index (χ1n) is 23.9. The number of unbranched alkanes of at least 4 members (excludes halogenated alkanes) is 3. The van der Waals surface area contributed by atoms with Crippen molar-refractivity contribution in [3.63, 3.8) is 0 Å². The van der Waals surface area contributed by atoms with Crippen LogP contribution in [0.4, 0.5) is 0 Å². The Hall–Kier alpha value is -5.86. The average molecular weight is 984 g/mol. The van der Waals surface area contributed by atoms with Crippen LogP contribution < -0.4 is 83.1 Å². The van der Waals surface area contributed by atoms with Gasteiger partial charge < -0.3 is 88.2 Å². The van der Waals surface area contributed by atoms with E-state index in [1.54, 1.807) is 13.8 Å². The molecule has 0 unspecified atom stereocenters. The Morgan fingerprint density at radius 3 is 1.12 bits per heavy atom. The SMILES string of the molecule is CC(C)C[C@H](NC(=O)[C@@H](NC(=O)[C@H](CCCCN)NC(=O)CN)C(C)C)C(=O)N[C@@H](CCCCN)C(=O)N[C@@H](CCCCN)C(=O)N[C@@H](CCCN=C(N)N)C(=O)N[C@@H](CCCN=C(N)N)C(=O)O. The van der Waals surface area contributed by atoms with E-state index >= 15 is 0 Å². The van der Waals surface area contributed by atoms with Crippen LogP contribution in [-0.4, -0.2) is 146 Å². The lowest BCUT2D eigenvalue weighted by Gasteiger charge is -2.29. The smallest absolute Gasteiger partial charge is 0.326 e. The van der Waals surface area contributed by atoms with Crippen LogP contribution in [0, 0.1) is 11.8 Å². The summed E-state index contributed by atoms with van der Waals surface area (Å²) >= 11 is 0. The summed E-state index contributed by atoms with van der Waals surface area (Å²) in [5.41, 5.74) is 44.2. The van der Waals surface area contributed by atoms with Crippen molar-refractivity contribution in [3.8, 4) is 0 Å². The standard InChI is InChI=1S/C43H85N17O9/c1-25(2)23-32(59-40(67)34(26(3)4)60-38(65)27(13-5-8-18-44)54-33(61)24-47)39(66)57-29(15-7-10-20-46)36(63)55-28(14-6-9-19-45)35(62)56-30(16-11-21-52-42(48)49)37(64)58-31(41(68)69)17-12-22-53-43(50)51/h25-32,34H,5-24,44-47H2,1-4H3,(H,54,61)(H,55,63)(H,56,62)(H,57,66)(H,58,64)(H,59,67)(H,60,65)(H,68,69)(H4,48,49,52)(H4,50,51,53)/t27-,28-,29-,30-,31-,32-,34-/m0/s1. The number of guanidine groups is 2. The molecule has 0 saturated heterocycles. The van der Waals surface area contributed by atoms with Crippen molar-refractivity contribution < 1.29 is 43.5 Å². The molecule has 0 aromatic heterocycles. The fraction of sp³-hybridized carbons (Fsp3) is 0.767. The molecule has 0 fully saturated rings. The summed E-state index contributed by atoms with van der Waals surface area (Å²) in [6.07, 6.45) is 3.74. The van der Waals surface area contributed by atoms with E-state index in [0.29, 0.717) is 45.1 Å². The summed E-state index contributed by atoms with van der Waals surface area (Å²) in [6.45, 7) is 7.87. The Morgan fingerprint density at radius 1 is 0.435 bits per heavy atom. The highest BCUT2D eigenvalue weighted by atomic mass is 16.4. The fourth-order valence-electron chi connectivity index (χ4n) is 6.91. The number of carbonyl (C=O) groups is 8. The maximum atomic E-state index is 14.2. The fourth-order valence-corrected chi connectivity index (χ4v) is 6.91. The normalized spacial score (nSPS) is 14.1. The Kier molecular flexibility index (Phi) is 33.1. The molecule has 0 bridgehead atoms. The summed E-state index contributed by atoms with van der Waals surface area (Å²) in [7, 11) is 0. The van der Waals surface area contributed by atoms with Crippen LogP contribution >= 0.6 is 0 Å². The monoisotopic (exact) mass is 984 g/mol. The zero-order valence-electron chi connectivity index (χ0n) is 41.1. The number of amides is 7. The molecule has 0 heterocycles. The van der Waals surface area contributed by atoms with E-state index in [2.05, 4.69) is 47.2 Å². The van der Waals surface area contributed by atoms with Gasteiger partial charge in [-0.25, -0.2) is 4.79 Å². The van der Waals surface area contributed by atoms with Crippen LogP contribution in [-0.2, 0) is 38.4 Å². The number of hydrogen-bond donors (Lipinski definition) is 16. The van der Waals surface area contributed by atoms with Gasteiger partial charge in [-0.3, -0.25) is 43.5 Å². The second kappa shape index (κ2) is 36.2. The molecule has 0 spiro atoms. The Morgan fingerprint density at radius 2 is 0.768 bits per heavy atom. The molecule has 396 valence electrons. The van der Waals surface area contributed by atoms with Crippen LogP contribution in [0.3, 0.4) is 0 Å². The number of hydrogen-bond acceptors (Lipinski definition) is 14. The minimum Gasteiger partial charge on any atom is -0.480 e. The molecule has 7 atom stereocenters. The maximum Gasteiger partial charge on any atom is 0.326 e. The van der Waals surface area contributed by atoms with Gasteiger partial charge in [-0.15, -0.1) is 0 Å². The molecule has 7 amide bonds. The van der Waals surface area contributed by atoms with Crippen LogP contribution in [0.15, 0.2) is 9.98 Å². The number of aliphatic imine (C=N–C) groups is 2. The van der Waals surface area contributed by atoms with Crippen molar-refractivity contribution in [1.29, 1.82) is 0 Å². The molecular weight excluding hydrogens is 899 g/mol. The Bertz CT molecular complexity index is 1660. The first-order chi connectivity index (χ1) is 32.6. The van der Waals surface area contributed by atoms with Crippen LogP contribution in [0.1, 0.15) is 118 Å². The van der Waals surface area contributed by atoms with Crippen LogP contribution in [0.5, 0.6) is 0 Å². The predicted octanol–water partition coefficient (Wildman–Crippen LogP) is -4.38. The average Bonchev–Trinajstić information content (AvgIpc) is 3.27. The van der Waals surface area contributed by atoms with Crippen LogP contribution in [0.2, 0.25) is 0 Å². The molecule has 0 aromatic carbocycles. The lowest BCUT2D eigenvalue weighted by molar-refractivity contribution is -0.142. The molecule has 26 heteroatoms. The van der Waals surface area contributed by atoms with E-state index in [0.717, 1.165) is 0 Å². The van der Waals surface area contributed by atoms with Gasteiger partial charge in [-0.05, 0) is 121 Å². The third-order valence-corrected chi connectivity index (χ3v) is 10.7. The third kappa shape index (κ3) is 28.3. The molecule has 0 rings (SSSR count). The summed E-state index contributed by atoms with van der Waals surface area (Å²) in [6, 6.07) is -8.45. The van der Waals surface area contributed by atoms with Crippen LogP contribution in [0.25, 0.3) is 0 Å². The summed E-state index contributed by atoms with van der Waals surface area (Å²) in [5.74, 6) is -7.19. The topological polar surface area (TPSA) is 474 Å². The van der Waals surface area contributed by atoms with E-state index in [9.17, 15) is 43.5 Å². The summed E-state index contributed by atoms with van der Waals surface area (Å²) < 4.78 is 0. The van der Waals surface area contributed by atoms with Crippen molar-refractivity contribution in [2.75, 3.05) is 39.3 Å². The lowest BCUT2D eigenvalue weighted by atomic mass is 9.98. The highest BCUT2D eigenvalue weighted by Gasteiger charge is 2.35. The molecule has 0 aliphatic rings. The minimum atomic E-state index is -1.36. The maximum absolute atomic E-state index is 14.2. The predicted molar refractivity (Wildman–Crippen MR) is 263 cm³/mol. The summed E-state index contributed by atoms with van der Waals surface area (Å²) in [5, 5.41) is 28.5. The van der Waals surface area contributed by atoms with E-state index in [4.69, 9.17) is 45.9 Å². The number of carboxylic acid groups (broad SMARTS) is 1. The zero-order valence-corrected chi connectivity index (χ0v) is 41.1. The molecule has 0 radical (unpaired) electrons. The highest BCUT2D eigenvalue weighted by molar-refractivity contribution is 5.97. The molecule has 0 saturated carbocycles. The van der Waals surface area contributed by atoms with Gasteiger partial charge in [0.15, 0.2) is 11.9 Å². The number of carboxylic acids is 1. The molecule has 0 aliphatic carbocycles. The highest BCUT2D eigenvalue weighted by Crippen LogP contribution is 2.13. The van der Waals surface area contributed by atoms with Gasteiger partial charge in [-0.2, -0.15) is 0 Å². The quantitative estimate of drug-likeness (QED) is 0.0158. The number of aliphatic carboxylic acids is 1. The molecule has 24 N–H and O–H groups in total. The van der Waals surface area contributed by atoms with Crippen molar-refractivity contribution in [3.05, 3.63) is 0 Å². The zero-order chi connectivity index (χ0) is 52.5. The first-order valence-corrected chi connectivity index (χ1v) is 23.9. The number of carbonyl (C=O) groups excluding carboxylic acids is 7. The summed E-state index contributed by atoms with van der Waals surface area (Å²) in [4.78, 5) is 115. The second-order valence-corrected chi connectivity index (χ2v) is 17.6. The van der Waals surface area contributed by atoms with Gasteiger partial charge in [0, 0.05) is 13.1 Å². The van der Waals surface area contributed by atoms with Gasteiger partial charge in [-0.1, -0.05) is 27.7 Å². The molecule has 26 nitrogen and oxygen atoms in total. The van der Waals surface area contributed by atoms with Gasteiger partial charge >= 0.3 is 5.97 Å². The van der Waals surface area contributed by atoms with Gasteiger partial charge in [0.25, 0.3) is 0 Å². The third-order valence-electron chi connectivity index (χ3n) is 10.7. The van der Waals surface area contributed by atoms with E-state index in [1.165, 1.54) is 0 Å². The van der Waals surface area contributed by atoms with Crippen molar-refractivity contribution >= 4 is 59.2 Å². The number of nitrogens with two attached hydrogens (primary N) is 8. The van der Waals surface area contributed by atoms with Gasteiger partial charge in [0.2, 0.25) is 41.4 Å². The van der Waals surface area contributed by atoms with E-state index < -0.39 is 95.5 Å². The number of rotatable bonds is 38. The van der Waals surface area contributed by atoms with Gasteiger partial charge in [0.05, 0.1) is 6.54 Å².